The Labute approximate surface area is 149 Å². The van der Waals surface area contributed by atoms with Crippen LogP contribution in [0, 0.1) is 17.6 Å². The smallest absolute Gasteiger partial charge is 0.340 e. The largest absolute Gasteiger partial charge is 0.465 e. The molecule has 1 saturated carbocycles. The molecule has 1 saturated heterocycles. The average molecular weight is 366 g/mol. The Bertz CT molecular complexity index is 747. The third kappa shape index (κ3) is 3.54. The van der Waals surface area contributed by atoms with Crippen LogP contribution in [0.1, 0.15) is 42.5 Å². The van der Waals surface area contributed by atoms with E-state index in [2.05, 4.69) is 10.1 Å². The van der Waals surface area contributed by atoms with Crippen LogP contribution in [0.2, 0.25) is 0 Å². The maximum Gasteiger partial charge on any atom is 0.340 e. The molecule has 0 radical (unpaired) electrons. The molecule has 1 heterocycles. The van der Waals surface area contributed by atoms with Gasteiger partial charge in [-0.25, -0.2) is 13.6 Å². The number of amides is 2. The fraction of sp³-hybridized carbons (Fsp3) is 0.500. The van der Waals surface area contributed by atoms with E-state index in [-0.39, 0.29) is 24.1 Å². The maximum absolute atomic E-state index is 14.0. The topological polar surface area (TPSA) is 75.7 Å². The van der Waals surface area contributed by atoms with Crippen LogP contribution in [-0.4, -0.2) is 42.4 Å². The van der Waals surface area contributed by atoms with Crippen LogP contribution in [0.3, 0.4) is 0 Å². The van der Waals surface area contributed by atoms with Gasteiger partial charge in [0.05, 0.1) is 24.3 Å². The van der Waals surface area contributed by atoms with Gasteiger partial charge in [-0.2, -0.15) is 0 Å². The van der Waals surface area contributed by atoms with Crippen molar-refractivity contribution in [1.29, 1.82) is 0 Å². The van der Waals surface area contributed by atoms with E-state index in [1.165, 1.54) is 0 Å². The third-order valence-electron chi connectivity index (χ3n) is 5.01. The van der Waals surface area contributed by atoms with Crippen LogP contribution in [0.5, 0.6) is 0 Å². The van der Waals surface area contributed by atoms with E-state index in [0.717, 1.165) is 38.9 Å². The average Bonchev–Trinajstić information content (AvgIpc) is 3.25. The third-order valence-corrected chi connectivity index (χ3v) is 5.01. The Morgan fingerprint density at radius 1 is 1.19 bits per heavy atom. The van der Waals surface area contributed by atoms with Gasteiger partial charge in [-0.1, -0.05) is 12.8 Å². The molecular weight excluding hydrogens is 346 g/mol. The zero-order valence-electron chi connectivity index (χ0n) is 14.4. The van der Waals surface area contributed by atoms with Gasteiger partial charge in [0, 0.05) is 25.1 Å². The van der Waals surface area contributed by atoms with E-state index >= 15 is 0 Å². The molecule has 1 aromatic rings. The van der Waals surface area contributed by atoms with Gasteiger partial charge < -0.3 is 15.0 Å². The summed E-state index contributed by atoms with van der Waals surface area (Å²) in [7, 11) is 1.07. The van der Waals surface area contributed by atoms with Crippen molar-refractivity contribution in [3.63, 3.8) is 0 Å². The molecule has 0 aromatic heterocycles. The van der Waals surface area contributed by atoms with Crippen LogP contribution < -0.4 is 5.32 Å². The summed E-state index contributed by atoms with van der Waals surface area (Å²) in [5.41, 5.74) is -0.789. The highest BCUT2D eigenvalue weighted by Gasteiger charge is 2.38. The normalized spacial score (nSPS) is 20.5. The molecule has 6 nitrogen and oxygen atoms in total. The van der Waals surface area contributed by atoms with Gasteiger partial charge in [-0.05, 0) is 18.9 Å². The lowest BCUT2D eigenvalue weighted by Crippen LogP contribution is -2.35. The first kappa shape index (κ1) is 18.3. The zero-order chi connectivity index (χ0) is 18.8. The van der Waals surface area contributed by atoms with E-state index in [4.69, 9.17) is 0 Å². The molecular formula is C18H20F2N2O4. The molecule has 140 valence electrons. The van der Waals surface area contributed by atoms with Crippen LogP contribution >= 0.6 is 0 Å². The van der Waals surface area contributed by atoms with Gasteiger partial charge in [0.25, 0.3) is 0 Å². The Morgan fingerprint density at radius 3 is 2.54 bits per heavy atom. The standard InChI is InChI=1S/C18H20F2N2O4/c1-26-18(25)12-7-15(14(20)8-13(12)19)21-17(24)10-6-16(23)22(9-10)11-4-2-3-5-11/h7-8,10-11H,2-6,9H2,1H3,(H,21,24). The second-order valence-electron chi connectivity index (χ2n) is 6.68. The van der Waals surface area contributed by atoms with E-state index in [0.29, 0.717) is 12.6 Å². The minimum Gasteiger partial charge on any atom is -0.465 e. The molecule has 1 aliphatic carbocycles. The number of hydrogen-bond donors (Lipinski definition) is 1. The molecule has 2 fully saturated rings. The Morgan fingerprint density at radius 2 is 1.88 bits per heavy atom. The maximum atomic E-state index is 14.0. The number of nitrogens with zero attached hydrogens (tertiary/aromatic N) is 1. The summed E-state index contributed by atoms with van der Waals surface area (Å²) in [4.78, 5) is 37.9. The number of rotatable bonds is 4. The number of hydrogen-bond acceptors (Lipinski definition) is 4. The summed E-state index contributed by atoms with van der Waals surface area (Å²) in [6.45, 7) is 0.294. The van der Waals surface area contributed by atoms with Crippen LogP contribution in [-0.2, 0) is 14.3 Å². The van der Waals surface area contributed by atoms with Gasteiger partial charge >= 0.3 is 5.97 Å². The fourth-order valence-corrected chi connectivity index (χ4v) is 3.62. The summed E-state index contributed by atoms with van der Waals surface area (Å²) in [6.07, 6.45) is 4.09. The van der Waals surface area contributed by atoms with E-state index < -0.39 is 35.0 Å². The number of nitrogens with one attached hydrogen (secondary N) is 1. The Kier molecular flexibility index (Phi) is 5.20. The van der Waals surface area contributed by atoms with Crippen LogP contribution in [0.25, 0.3) is 0 Å². The molecule has 2 amide bonds. The Balaban J connectivity index is 1.72. The first-order valence-corrected chi connectivity index (χ1v) is 8.58. The molecule has 8 heteroatoms. The lowest BCUT2D eigenvalue weighted by Gasteiger charge is -2.23. The lowest BCUT2D eigenvalue weighted by atomic mass is 10.1. The van der Waals surface area contributed by atoms with E-state index in [9.17, 15) is 23.2 Å². The van der Waals surface area contributed by atoms with E-state index in [1.54, 1.807) is 4.90 Å². The molecule has 1 N–H and O–H groups in total. The number of benzene rings is 1. The molecule has 1 aromatic carbocycles. The minimum atomic E-state index is -1.07. The van der Waals surface area contributed by atoms with Crippen molar-refractivity contribution in [3.05, 3.63) is 29.3 Å². The molecule has 1 unspecified atom stereocenters. The second kappa shape index (κ2) is 7.39. The number of carbonyl (C=O) groups is 3. The van der Waals surface area contributed by atoms with Crippen molar-refractivity contribution in [1.82, 2.24) is 4.90 Å². The molecule has 0 spiro atoms. The number of halogens is 2. The van der Waals surface area contributed by atoms with Gasteiger partial charge in [0.15, 0.2) is 0 Å². The number of methoxy groups -OCH3 is 1. The molecule has 2 aliphatic rings. The SMILES string of the molecule is COC(=O)c1cc(NC(=O)C2CC(=O)N(C3CCCC3)C2)c(F)cc1F. The monoisotopic (exact) mass is 366 g/mol. The predicted octanol–water partition coefficient (Wildman–Crippen LogP) is 2.48. The minimum absolute atomic E-state index is 0.0645. The van der Waals surface area contributed by atoms with Gasteiger partial charge in [-0.3, -0.25) is 9.59 Å². The number of ether oxygens (including phenoxy) is 1. The zero-order valence-corrected chi connectivity index (χ0v) is 14.4. The summed E-state index contributed by atoms with van der Waals surface area (Å²) in [6, 6.07) is 1.60. The second-order valence-corrected chi connectivity index (χ2v) is 6.68. The molecule has 0 bridgehead atoms. The van der Waals surface area contributed by atoms with Crippen molar-refractivity contribution >= 4 is 23.5 Å². The van der Waals surface area contributed by atoms with Gasteiger partial charge in [0.1, 0.15) is 11.6 Å². The summed E-state index contributed by atoms with van der Waals surface area (Å²) < 4.78 is 32.1. The van der Waals surface area contributed by atoms with E-state index in [1.807, 2.05) is 0 Å². The van der Waals surface area contributed by atoms with Crippen molar-refractivity contribution in [2.45, 2.75) is 38.1 Å². The highest BCUT2D eigenvalue weighted by atomic mass is 19.1. The lowest BCUT2D eigenvalue weighted by molar-refractivity contribution is -0.129. The van der Waals surface area contributed by atoms with Crippen molar-refractivity contribution < 1.29 is 27.9 Å². The quantitative estimate of drug-likeness (QED) is 0.831. The van der Waals surface area contributed by atoms with Crippen molar-refractivity contribution in [3.8, 4) is 0 Å². The predicted molar refractivity (Wildman–Crippen MR) is 88.4 cm³/mol. The van der Waals surface area contributed by atoms with Crippen LogP contribution in [0.4, 0.5) is 14.5 Å². The highest BCUT2D eigenvalue weighted by Crippen LogP contribution is 2.30. The van der Waals surface area contributed by atoms with Crippen molar-refractivity contribution in [2.75, 3.05) is 19.0 Å². The number of esters is 1. The van der Waals surface area contributed by atoms with Crippen LogP contribution in [0.15, 0.2) is 12.1 Å². The number of carbonyl (C=O) groups excluding carboxylic acids is 3. The molecule has 1 aliphatic heterocycles. The number of anilines is 1. The fourth-order valence-electron chi connectivity index (χ4n) is 3.62. The molecule has 3 rings (SSSR count). The van der Waals surface area contributed by atoms with Crippen molar-refractivity contribution in [2.24, 2.45) is 5.92 Å². The van der Waals surface area contributed by atoms with Gasteiger partial charge in [0.2, 0.25) is 11.8 Å². The number of likely N-dealkylation sites (tertiary alicyclic amines) is 1. The molecule has 1 atom stereocenters. The Hall–Kier alpha value is -2.51. The summed E-state index contributed by atoms with van der Waals surface area (Å²) >= 11 is 0. The summed E-state index contributed by atoms with van der Waals surface area (Å²) in [5, 5.41) is 2.36. The molecule has 26 heavy (non-hydrogen) atoms. The van der Waals surface area contributed by atoms with Gasteiger partial charge in [-0.15, -0.1) is 0 Å². The highest BCUT2D eigenvalue weighted by molar-refractivity contribution is 5.98. The first-order chi connectivity index (χ1) is 12.4. The summed E-state index contributed by atoms with van der Waals surface area (Å²) in [5.74, 6) is -4.25. The first-order valence-electron chi connectivity index (χ1n) is 8.58.